The first kappa shape index (κ1) is 22.7. The summed E-state index contributed by atoms with van der Waals surface area (Å²) >= 11 is 0. The Hall–Kier alpha value is -1.71. The molecule has 1 saturated heterocycles. The van der Waals surface area contributed by atoms with E-state index in [1.165, 1.54) is 68.1 Å². The number of nitrogens with zero attached hydrogens (tertiary/aromatic N) is 1. The van der Waals surface area contributed by atoms with Gasteiger partial charge in [0.05, 0.1) is 11.2 Å². The third kappa shape index (κ3) is 3.26. The summed E-state index contributed by atoms with van der Waals surface area (Å²) < 4.78 is 7.42. The average molecular weight is 459 g/mol. The Morgan fingerprint density at radius 3 is 2.97 bits per heavy atom. The van der Waals surface area contributed by atoms with Gasteiger partial charge >= 0.3 is 0 Å². The van der Waals surface area contributed by atoms with Gasteiger partial charge in [0.25, 0.3) is 0 Å². The first-order valence-corrected chi connectivity index (χ1v) is 13.8. The first-order valence-electron chi connectivity index (χ1n) is 13.8. The van der Waals surface area contributed by atoms with Crippen LogP contribution in [0.15, 0.2) is 47.8 Å². The van der Waals surface area contributed by atoms with Gasteiger partial charge < -0.3 is 10.1 Å². The number of hydrogen-bond acceptors (Lipinski definition) is 3. The Balaban J connectivity index is 1.28. The molecule has 3 aliphatic carbocycles. The highest BCUT2D eigenvalue weighted by Gasteiger charge is 2.67. The SMILES string of the molecule is CNC[C@@H]1CC=C2C=C3CC[C@]4(C)[C@@H](C(C)C=Cc5ccncc5C)CC[C@H]4[C@@]34CC[C@]2(C1)O4. The van der Waals surface area contributed by atoms with Crippen LogP contribution < -0.4 is 5.32 Å². The van der Waals surface area contributed by atoms with Crippen LogP contribution >= 0.6 is 0 Å². The zero-order chi connectivity index (χ0) is 23.6. The van der Waals surface area contributed by atoms with Gasteiger partial charge in [-0.1, -0.05) is 38.2 Å². The Bertz CT molecular complexity index is 1060. The van der Waals surface area contributed by atoms with Gasteiger partial charge in [0, 0.05) is 12.4 Å². The Kier molecular flexibility index (Phi) is 5.46. The van der Waals surface area contributed by atoms with Gasteiger partial charge in [-0.05, 0) is 129 Å². The maximum absolute atomic E-state index is 7.42. The first-order chi connectivity index (χ1) is 16.4. The van der Waals surface area contributed by atoms with Crippen molar-refractivity contribution in [1.29, 1.82) is 0 Å². The minimum Gasteiger partial charge on any atom is -0.359 e. The summed E-state index contributed by atoms with van der Waals surface area (Å²) in [5, 5.41) is 3.42. The number of fused-ring (bicyclic) bond motifs is 1. The lowest BCUT2D eigenvalue weighted by Crippen LogP contribution is -2.55. The average Bonchev–Trinajstić information content (AvgIpc) is 3.34. The van der Waals surface area contributed by atoms with E-state index in [0.29, 0.717) is 23.2 Å². The fraction of sp³-hybridized carbons (Fsp3) is 0.645. The predicted octanol–water partition coefficient (Wildman–Crippen LogP) is 6.65. The topological polar surface area (TPSA) is 34.2 Å². The quantitative estimate of drug-likeness (QED) is 0.536. The zero-order valence-corrected chi connectivity index (χ0v) is 21.6. The molecule has 2 bridgehead atoms. The molecule has 1 unspecified atom stereocenters. The molecule has 0 amide bonds. The molecular formula is C31H42N2O. The van der Waals surface area contributed by atoms with E-state index in [1.54, 1.807) is 5.57 Å². The monoisotopic (exact) mass is 458 g/mol. The van der Waals surface area contributed by atoms with Crippen molar-refractivity contribution in [3.8, 4) is 0 Å². The van der Waals surface area contributed by atoms with Gasteiger partial charge in [0.15, 0.2) is 0 Å². The predicted molar refractivity (Wildman–Crippen MR) is 139 cm³/mol. The zero-order valence-electron chi connectivity index (χ0n) is 21.6. The molecule has 3 heteroatoms. The van der Waals surface area contributed by atoms with Gasteiger partial charge in [-0.25, -0.2) is 0 Å². The normalized spacial score (nSPS) is 41.5. The third-order valence-electron chi connectivity index (χ3n) is 10.6. The third-order valence-corrected chi connectivity index (χ3v) is 10.6. The Morgan fingerprint density at radius 1 is 1.26 bits per heavy atom. The number of pyridine rings is 1. The minimum absolute atomic E-state index is 0.00570. The fourth-order valence-electron chi connectivity index (χ4n) is 8.97. The second kappa shape index (κ2) is 8.17. The van der Waals surface area contributed by atoms with Crippen molar-refractivity contribution in [2.45, 2.75) is 83.3 Å². The summed E-state index contributed by atoms with van der Waals surface area (Å²) in [6, 6.07) is 2.14. The van der Waals surface area contributed by atoms with Crippen molar-refractivity contribution in [3.05, 3.63) is 59.0 Å². The van der Waals surface area contributed by atoms with E-state index < -0.39 is 0 Å². The second-order valence-corrected chi connectivity index (χ2v) is 12.4. The van der Waals surface area contributed by atoms with Crippen LogP contribution in [0.4, 0.5) is 0 Å². The molecule has 2 spiro atoms. The van der Waals surface area contributed by atoms with Crippen LogP contribution in [0.3, 0.4) is 0 Å². The van der Waals surface area contributed by atoms with Crippen molar-refractivity contribution < 1.29 is 4.74 Å². The summed E-state index contributed by atoms with van der Waals surface area (Å²) in [5.74, 6) is 2.67. The smallest absolute Gasteiger partial charge is 0.0944 e. The number of allylic oxidation sites excluding steroid dienone is 2. The summed E-state index contributed by atoms with van der Waals surface area (Å²) in [6.07, 6.45) is 23.9. The van der Waals surface area contributed by atoms with Crippen LogP contribution in [0.2, 0.25) is 0 Å². The van der Waals surface area contributed by atoms with Crippen LogP contribution in [0.5, 0.6) is 0 Å². The number of nitrogens with one attached hydrogen (secondary N) is 1. The van der Waals surface area contributed by atoms with Crippen molar-refractivity contribution >= 4 is 6.08 Å². The van der Waals surface area contributed by atoms with Gasteiger partial charge in [-0.2, -0.15) is 0 Å². The molecule has 34 heavy (non-hydrogen) atoms. The maximum atomic E-state index is 7.42. The largest absolute Gasteiger partial charge is 0.359 e. The standard InChI is InChI=1S/C31H42N2O/c1-21(5-7-24-12-16-33-19-22(24)2)27-9-10-28-29(27,3)13-11-26-17-25-8-6-23(20-32-4)18-30(25)14-15-31(26,28)34-30/h5,7-8,12,16-17,19,21,23,27-28,32H,6,9-11,13-15,18,20H2,1-4H3/t21?,23-,27-,28-,29-,30-,31-/m1/s1. The van der Waals surface area contributed by atoms with Crippen LogP contribution in [-0.4, -0.2) is 29.8 Å². The fourth-order valence-corrected chi connectivity index (χ4v) is 8.97. The van der Waals surface area contributed by atoms with Crippen LogP contribution in [0.1, 0.15) is 76.3 Å². The summed E-state index contributed by atoms with van der Waals surface area (Å²) in [5.41, 5.74) is 6.07. The number of ether oxygens (including phenoxy) is 1. The van der Waals surface area contributed by atoms with E-state index in [2.05, 4.69) is 68.5 Å². The van der Waals surface area contributed by atoms with E-state index in [-0.39, 0.29) is 11.2 Å². The molecule has 3 nitrogen and oxygen atoms in total. The molecule has 7 atom stereocenters. The van der Waals surface area contributed by atoms with Crippen molar-refractivity contribution in [2.24, 2.45) is 29.1 Å². The molecule has 1 aromatic rings. The van der Waals surface area contributed by atoms with Crippen LogP contribution in [0, 0.1) is 36.0 Å². The van der Waals surface area contributed by atoms with E-state index >= 15 is 0 Å². The van der Waals surface area contributed by atoms with Gasteiger partial charge in [-0.3, -0.25) is 4.98 Å². The molecule has 1 aromatic heterocycles. The van der Waals surface area contributed by atoms with E-state index in [1.807, 2.05) is 12.4 Å². The van der Waals surface area contributed by atoms with Gasteiger partial charge in [-0.15, -0.1) is 0 Å². The van der Waals surface area contributed by atoms with Crippen LogP contribution in [-0.2, 0) is 4.74 Å². The molecule has 5 aliphatic rings. The van der Waals surface area contributed by atoms with Crippen molar-refractivity contribution in [2.75, 3.05) is 13.6 Å². The number of hydrogen-bond donors (Lipinski definition) is 1. The van der Waals surface area contributed by atoms with Gasteiger partial charge in [0.1, 0.15) is 0 Å². The lowest BCUT2D eigenvalue weighted by atomic mass is 9.55. The molecule has 2 aliphatic heterocycles. The minimum atomic E-state index is -0.00993. The van der Waals surface area contributed by atoms with E-state index in [4.69, 9.17) is 4.74 Å². The Morgan fingerprint density at radius 2 is 2.15 bits per heavy atom. The molecule has 0 radical (unpaired) electrons. The highest BCUT2D eigenvalue weighted by atomic mass is 16.5. The molecule has 0 aromatic carbocycles. The second-order valence-electron chi connectivity index (χ2n) is 12.4. The molecule has 1 N–H and O–H groups in total. The van der Waals surface area contributed by atoms with Crippen molar-refractivity contribution in [3.63, 3.8) is 0 Å². The molecule has 2 saturated carbocycles. The molecular weight excluding hydrogens is 416 g/mol. The molecule has 3 heterocycles. The highest BCUT2D eigenvalue weighted by molar-refractivity contribution is 5.52. The number of rotatable bonds is 5. The lowest BCUT2D eigenvalue weighted by Gasteiger charge is -2.56. The highest BCUT2D eigenvalue weighted by Crippen LogP contribution is 2.69. The molecule has 182 valence electrons. The Labute approximate surface area is 206 Å². The van der Waals surface area contributed by atoms with E-state index in [9.17, 15) is 0 Å². The summed E-state index contributed by atoms with van der Waals surface area (Å²) in [4.78, 5) is 4.26. The van der Waals surface area contributed by atoms with Gasteiger partial charge in [0.2, 0.25) is 0 Å². The van der Waals surface area contributed by atoms with Crippen LogP contribution in [0.25, 0.3) is 6.08 Å². The molecule has 3 fully saturated rings. The lowest BCUT2D eigenvalue weighted by molar-refractivity contribution is -0.148. The van der Waals surface area contributed by atoms with E-state index in [0.717, 1.165) is 12.5 Å². The summed E-state index contributed by atoms with van der Waals surface area (Å²) in [7, 11) is 2.09. The molecule has 6 rings (SSSR count). The number of aromatic nitrogens is 1. The number of aryl methyl sites for hydroxylation is 1. The van der Waals surface area contributed by atoms with Crippen molar-refractivity contribution in [1.82, 2.24) is 10.3 Å². The maximum Gasteiger partial charge on any atom is 0.0944 e. The summed E-state index contributed by atoms with van der Waals surface area (Å²) in [6.45, 7) is 8.33.